The summed E-state index contributed by atoms with van der Waals surface area (Å²) < 4.78 is 11.9. The summed E-state index contributed by atoms with van der Waals surface area (Å²) in [4.78, 5) is 34.2. The van der Waals surface area contributed by atoms with Gasteiger partial charge in [0.15, 0.2) is 18.2 Å². The second-order valence-corrected chi connectivity index (χ2v) is 10.2. The van der Waals surface area contributed by atoms with Crippen molar-refractivity contribution in [2.75, 3.05) is 31.5 Å². The van der Waals surface area contributed by atoms with E-state index in [0.29, 0.717) is 28.8 Å². The minimum absolute atomic E-state index is 0. The van der Waals surface area contributed by atoms with Crippen LogP contribution in [0.25, 0.3) is 0 Å². The first-order chi connectivity index (χ1) is 16.5. The number of hydrogen-bond acceptors (Lipinski definition) is 7. The summed E-state index contributed by atoms with van der Waals surface area (Å²) in [6, 6.07) is 1.66. The van der Waals surface area contributed by atoms with Gasteiger partial charge >= 0.3 is 5.97 Å². The van der Waals surface area contributed by atoms with Crippen molar-refractivity contribution < 1.29 is 45.3 Å². The normalized spacial score (nSPS) is 27.9. The maximum Gasteiger partial charge on any atom is 0.343 e. The van der Waals surface area contributed by atoms with Gasteiger partial charge in [-0.1, -0.05) is 19.3 Å². The van der Waals surface area contributed by atoms with Gasteiger partial charge in [0.05, 0.1) is 43.7 Å². The van der Waals surface area contributed by atoms with E-state index >= 15 is 0 Å². The summed E-state index contributed by atoms with van der Waals surface area (Å²) in [7, 11) is 0. The number of aliphatic hydroxyl groups is 1. The molecule has 9 nitrogen and oxygen atoms in total. The van der Waals surface area contributed by atoms with Gasteiger partial charge < -0.3 is 41.0 Å². The third-order valence-electron chi connectivity index (χ3n) is 8.09. The number of rotatable bonds is 7. The number of carbonyl (C=O) groups excluding carboxylic acids is 2. The quantitative estimate of drug-likeness (QED) is 0.358. The highest BCUT2D eigenvalue weighted by molar-refractivity contribution is 5.91. The fraction of sp³-hybridized carbons (Fsp3) is 0.600. The fourth-order valence-corrected chi connectivity index (χ4v) is 6.19. The summed E-state index contributed by atoms with van der Waals surface area (Å²) >= 11 is 0. The number of hydrogen-bond donors (Lipinski definition) is 2. The predicted molar refractivity (Wildman–Crippen MR) is 122 cm³/mol. The number of anilines is 1. The maximum absolute atomic E-state index is 13.6. The number of amides is 1. The van der Waals surface area contributed by atoms with Crippen LogP contribution in [0.15, 0.2) is 41.7 Å². The molecule has 3 aliphatic heterocycles. The summed E-state index contributed by atoms with van der Waals surface area (Å²) in [6.07, 6.45) is 13.7. The standard InChI is InChI=1S/C25H32N4O5.BrH/c30-23(28-21-12-26-17-27-13-21)15-29-9-6-18(7-10-29)22(14-29)34-24(31)25(32,20-8-11-33-16-20)19-4-2-1-3-5-19;/h8,11-13,16-19,22,32H,1-7,9-10,14-15H2;1H/t18?,22-,25?,29?;/m0./s1. The first-order valence-corrected chi connectivity index (χ1v) is 12.3. The van der Waals surface area contributed by atoms with Gasteiger partial charge in [-0.2, -0.15) is 0 Å². The zero-order valence-corrected chi connectivity index (χ0v) is 21.4. The molecule has 0 radical (unpaired) electrons. The highest BCUT2D eigenvalue weighted by atomic mass is 79.9. The van der Waals surface area contributed by atoms with Crippen molar-refractivity contribution in [3.05, 3.63) is 42.9 Å². The SMILES string of the molecule is O=C(C[N+]12CCC(CC1)[C@@H](OC(=O)C(O)(c1ccoc1)C1CCCCC1)C2)Nc1cncnc1.[Br-]. The van der Waals surface area contributed by atoms with Crippen molar-refractivity contribution in [3.8, 4) is 0 Å². The zero-order valence-electron chi connectivity index (χ0n) is 19.8. The lowest BCUT2D eigenvalue weighted by Gasteiger charge is -2.52. The van der Waals surface area contributed by atoms with Gasteiger partial charge in [0.25, 0.3) is 5.91 Å². The van der Waals surface area contributed by atoms with Gasteiger partial charge in [0.1, 0.15) is 12.9 Å². The molecule has 190 valence electrons. The Labute approximate surface area is 215 Å². The molecular formula is C25H33BrN4O5. The van der Waals surface area contributed by atoms with Crippen molar-refractivity contribution in [2.24, 2.45) is 11.8 Å². The number of ether oxygens (including phenoxy) is 1. The van der Waals surface area contributed by atoms with E-state index in [9.17, 15) is 14.7 Å². The molecular weight excluding hydrogens is 516 g/mol. The molecule has 4 fully saturated rings. The Morgan fingerprint density at radius 2 is 1.86 bits per heavy atom. The van der Waals surface area contributed by atoms with E-state index in [1.807, 2.05) is 0 Å². The number of piperidine rings is 3. The second-order valence-electron chi connectivity index (χ2n) is 10.2. The lowest BCUT2D eigenvalue weighted by molar-refractivity contribution is -0.939. The molecule has 10 heteroatoms. The predicted octanol–water partition coefficient (Wildman–Crippen LogP) is -0.368. The van der Waals surface area contributed by atoms with Crippen LogP contribution in [0.5, 0.6) is 0 Å². The van der Waals surface area contributed by atoms with E-state index in [2.05, 4.69) is 15.3 Å². The molecule has 0 aromatic carbocycles. The van der Waals surface area contributed by atoms with Crippen LogP contribution in [0.2, 0.25) is 0 Å². The fourth-order valence-electron chi connectivity index (χ4n) is 6.19. The second kappa shape index (κ2) is 10.8. The topological polar surface area (TPSA) is 115 Å². The van der Waals surface area contributed by atoms with Gasteiger partial charge in [-0.3, -0.25) is 4.79 Å². The molecule has 4 aliphatic rings. The number of nitrogens with zero attached hydrogens (tertiary/aromatic N) is 3. The van der Waals surface area contributed by atoms with E-state index in [0.717, 1.165) is 58.0 Å². The first kappa shape index (κ1) is 25.8. The number of carbonyl (C=O) groups is 2. The lowest BCUT2D eigenvalue weighted by atomic mass is 9.74. The Balaban J connectivity index is 0.00000289. The molecule has 1 aliphatic carbocycles. The van der Waals surface area contributed by atoms with Crippen LogP contribution >= 0.6 is 0 Å². The summed E-state index contributed by atoms with van der Waals surface area (Å²) in [5.74, 6) is -0.607. The van der Waals surface area contributed by atoms with Crippen LogP contribution in [0.4, 0.5) is 5.69 Å². The largest absolute Gasteiger partial charge is 1.00 e. The Morgan fingerprint density at radius 3 is 2.51 bits per heavy atom. The van der Waals surface area contributed by atoms with Gasteiger partial charge in [0, 0.05) is 30.2 Å². The van der Waals surface area contributed by atoms with Crippen molar-refractivity contribution in [2.45, 2.75) is 56.7 Å². The maximum atomic E-state index is 13.6. The Bertz CT molecular complexity index is 991. The molecule has 2 aromatic heterocycles. The zero-order chi connectivity index (χ0) is 23.6. The van der Waals surface area contributed by atoms with Crippen LogP contribution in [0.1, 0.15) is 50.5 Å². The van der Waals surface area contributed by atoms with Crippen LogP contribution in [-0.4, -0.2) is 63.7 Å². The minimum atomic E-state index is -1.70. The molecule has 2 bridgehead atoms. The van der Waals surface area contributed by atoms with Crippen LogP contribution in [0.3, 0.4) is 0 Å². The van der Waals surface area contributed by atoms with Gasteiger partial charge in [-0.05, 0) is 18.9 Å². The number of fused-ring (bicyclic) bond motifs is 3. The highest BCUT2D eigenvalue weighted by Crippen LogP contribution is 2.42. The minimum Gasteiger partial charge on any atom is -1.00 e. The van der Waals surface area contributed by atoms with E-state index in [4.69, 9.17) is 9.15 Å². The monoisotopic (exact) mass is 548 g/mol. The molecule has 3 saturated heterocycles. The molecule has 0 spiro atoms. The third kappa shape index (κ3) is 5.29. The van der Waals surface area contributed by atoms with Crippen molar-refractivity contribution in [1.29, 1.82) is 0 Å². The van der Waals surface area contributed by atoms with E-state index in [-0.39, 0.29) is 40.8 Å². The molecule has 1 unspecified atom stereocenters. The number of furan rings is 1. The van der Waals surface area contributed by atoms with Crippen LogP contribution in [-0.2, 0) is 19.9 Å². The van der Waals surface area contributed by atoms with Crippen molar-refractivity contribution >= 4 is 17.6 Å². The summed E-state index contributed by atoms with van der Waals surface area (Å²) in [5.41, 5.74) is -0.660. The molecule has 35 heavy (non-hydrogen) atoms. The molecule has 2 N–H and O–H groups in total. The molecule has 5 heterocycles. The Morgan fingerprint density at radius 1 is 1.14 bits per heavy atom. The Hall–Kier alpha value is -2.30. The van der Waals surface area contributed by atoms with E-state index in [1.165, 1.54) is 18.9 Å². The van der Waals surface area contributed by atoms with Crippen molar-refractivity contribution in [1.82, 2.24) is 9.97 Å². The number of aromatic nitrogens is 2. The molecule has 6 rings (SSSR count). The van der Waals surface area contributed by atoms with Crippen LogP contribution < -0.4 is 22.3 Å². The first-order valence-electron chi connectivity index (χ1n) is 12.3. The van der Waals surface area contributed by atoms with Gasteiger partial charge in [-0.15, -0.1) is 0 Å². The number of nitrogens with one attached hydrogen (secondary N) is 1. The smallest absolute Gasteiger partial charge is 0.343 e. The summed E-state index contributed by atoms with van der Waals surface area (Å²) in [6.45, 7) is 2.66. The summed E-state index contributed by atoms with van der Waals surface area (Å²) in [5, 5.41) is 14.6. The molecule has 2 atom stereocenters. The number of esters is 1. The molecule has 1 amide bonds. The van der Waals surface area contributed by atoms with Crippen molar-refractivity contribution in [3.63, 3.8) is 0 Å². The number of quaternary nitrogens is 1. The average molecular weight is 549 g/mol. The van der Waals surface area contributed by atoms with Gasteiger partial charge in [-0.25, -0.2) is 14.8 Å². The molecule has 1 saturated carbocycles. The Kier molecular flexibility index (Phi) is 7.92. The third-order valence-corrected chi connectivity index (χ3v) is 8.09. The highest BCUT2D eigenvalue weighted by Gasteiger charge is 2.53. The molecule has 2 aromatic rings. The lowest BCUT2D eigenvalue weighted by Crippen LogP contribution is -3.00. The average Bonchev–Trinajstić information content (AvgIpc) is 3.40. The number of halogens is 1. The van der Waals surface area contributed by atoms with Gasteiger partial charge in [0.2, 0.25) is 0 Å². The van der Waals surface area contributed by atoms with E-state index < -0.39 is 11.6 Å². The van der Waals surface area contributed by atoms with Crippen LogP contribution in [0, 0.1) is 11.8 Å². The van der Waals surface area contributed by atoms with E-state index in [1.54, 1.807) is 18.5 Å².